The van der Waals surface area contributed by atoms with Crippen molar-refractivity contribution in [2.24, 2.45) is 0 Å². The maximum Gasteiger partial charge on any atom is 0.137 e. The first-order chi connectivity index (χ1) is 9.47. The molecular weight excluding hydrogens is 389 g/mol. The van der Waals surface area contributed by atoms with E-state index in [1.54, 1.807) is 12.3 Å². The molecule has 1 aromatic carbocycles. The van der Waals surface area contributed by atoms with Crippen LogP contribution in [0.25, 0.3) is 0 Å². The topological polar surface area (TPSA) is 29.9 Å². The van der Waals surface area contributed by atoms with Crippen LogP contribution in [0.2, 0.25) is 0 Å². The molecule has 1 heterocycles. The molecule has 3 nitrogen and oxygen atoms in total. The fourth-order valence-electron chi connectivity index (χ4n) is 2.22. The Morgan fingerprint density at radius 1 is 1.30 bits per heavy atom. The van der Waals surface area contributed by atoms with Crippen LogP contribution in [-0.4, -0.2) is 16.8 Å². The highest BCUT2D eigenvalue weighted by Crippen LogP contribution is 2.34. The van der Waals surface area contributed by atoms with Crippen LogP contribution in [0, 0.1) is 5.82 Å². The zero-order valence-electron chi connectivity index (χ0n) is 11.5. The summed E-state index contributed by atoms with van der Waals surface area (Å²) in [4.78, 5) is 0. The molecule has 1 aromatic heterocycles. The maximum absolute atomic E-state index is 13.8. The van der Waals surface area contributed by atoms with Gasteiger partial charge in [0, 0.05) is 6.04 Å². The predicted molar refractivity (Wildman–Crippen MR) is 85.3 cm³/mol. The van der Waals surface area contributed by atoms with Gasteiger partial charge in [-0.2, -0.15) is 5.10 Å². The largest absolute Gasteiger partial charge is 0.308 e. The second kappa shape index (κ2) is 6.37. The van der Waals surface area contributed by atoms with Crippen molar-refractivity contribution in [3.63, 3.8) is 0 Å². The van der Waals surface area contributed by atoms with Crippen molar-refractivity contribution in [2.75, 3.05) is 7.05 Å². The summed E-state index contributed by atoms with van der Waals surface area (Å²) >= 11 is 6.87. The van der Waals surface area contributed by atoms with E-state index in [1.807, 2.05) is 17.8 Å². The first-order valence-electron chi connectivity index (χ1n) is 6.31. The van der Waals surface area contributed by atoms with E-state index in [-0.39, 0.29) is 17.9 Å². The number of aromatic nitrogens is 2. The number of hydrogen-bond acceptors (Lipinski definition) is 2. The van der Waals surface area contributed by atoms with Gasteiger partial charge in [-0.3, -0.25) is 4.68 Å². The molecule has 0 aliphatic rings. The number of rotatable bonds is 4. The minimum atomic E-state index is -0.269. The van der Waals surface area contributed by atoms with Crippen LogP contribution in [0.1, 0.15) is 37.2 Å². The summed E-state index contributed by atoms with van der Waals surface area (Å²) in [7, 11) is 1.85. The van der Waals surface area contributed by atoms with Crippen molar-refractivity contribution in [1.29, 1.82) is 0 Å². The third kappa shape index (κ3) is 2.82. The average Bonchev–Trinajstić information content (AvgIpc) is 2.78. The number of nitrogens with one attached hydrogen (secondary N) is 1. The highest BCUT2D eigenvalue weighted by molar-refractivity contribution is 9.10. The Kier molecular flexibility index (Phi) is 4.99. The molecule has 0 fully saturated rings. The van der Waals surface area contributed by atoms with Crippen LogP contribution in [0.3, 0.4) is 0 Å². The summed E-state index contributed by atoms with van der Waals surface area (Å²) in [5.41, 5.74) is 1.82. The lowest BCUT2D eigenvalue weighted by Crippen LogP contribution is -2.23. The van der Waals surface area contributed by atoms with Gasteiger partial charge in [-0.1, -0.05) is 12.1 Å². The molecule has 0 aliphatic heterocycles. The first kappa shape index (κ1) is 15.7. The van der Waals surface area contributed by atoms with Gasteiger partial charge < -0.3 is 5.32 Å². The van der Waals surface area contributed by atoms with Crippen LogP contribution in [0.4, 0.5) is 4.39 Å². The number of halogens is 3. The number of benzene rings is 1. The van der Waals surface area contributed by atoms with Gasteiger partial charge >= 0.3 is 0 Å². The Balaban J connectivity index is 2.58. The van der Waals surface area contributed by atoms with Crippen LogP contribution in [0.5, 0.6) is 0 Å². The lowest BCUT2D eigenvalue weighted by Gasteiger charge is -2.22. The predicted octanol–water partition coefficient (Wildman–Crippen LogP) is 4.44. The molecule has 0 amide bonds. The van der Waals surface area contributed by atoms with Crippen molar-refractivity contribution < 1.29 is 4.39 Å². The van der Waals surface area contributed by atoms with E-state index in [0.717, 1.165) is 15.7 Å². The summed E-state index contributed by atoms with van der Waals surface area (Å²) in [6.07, 6.45) is 1.77. The van der Waals surface area contributed by atoms with Gasteiger partial charge in [-0.05, 0) is 64.4 Å². The third-order valence-electron chi connectivity index (χ3n) is 3.13. The Bertz CT molecular complexity index is 610. The van der Waals surface area contributed by atoms with Crippen molar-refractivity contribution in [3.8, 4) is 0 Å². The summed E-state index contributed by atoms with van der Waals surface area (Å²) in [6, 6.07) is 5.12. The maximum atomic E-state index is 13.8. The molecular formula is C14H16Br2FN3. The summed E-state index contributed by atoms with van der Waals surface area (Å²) in [6.45, 7) is 4.13. The summed E-state index contributed by atoms with van der Waals surface area (Å²) in [5, 5.41) is 7.62. The SMILES string of the molecule is CNC(c1cccc(F)c1Br)c1c(Br)cnn1C(C)C. The van der Waals surface area contributed by atoms with E-state index in [9.17, 15) is 4.39 Å². The Labute approximate surface area is 134 Å². The zero-order chi connectivity index (χ0) is 14.9. The molecule has 108 valence electrons. The van der Waals surface area contributed by atoms with Crippen LogP contribution in [0.15, 0.2) is 33.3 Å². The Hall–Kier alpha value is -0.720. The van der Waals surface area contributed by atoms with Gasteiger partial charge in [-0.25, -0.2) is 4.39 Å². The van der Waals surface area contributed by atoms with E-state index < -0.39 is 0 Å². The molecule has 2 rings (SSSR count). The number of hydrogen-bond donors (Lipinski definition) is 1. The highest BCUT2D eigenvalue weighted by Gasteiger charge is 2.24. The molecule has 1 unspecified atom stereocenters. The molecule has 0 radical (unpaired) electrons. The van der Waals surface area contributed by atoms with E-state index >= 15 is 0 Å². The second-order valence-electron chi connectivity index (χ2n) is 4.78. The average molecular weight is 405 g/mol. The lowest BCUT2D eigenvalue weighted by atomic mass is 10.0. The fourth-order valence-corrected chi connectivity index (χ4v) is 3.21. The van der Waals surface area contributed by atoms with Gasteiger partial charge in [0.1, 0.15) is 5.82 Å². The van der Waals surface area contributed by atoms with Crippen molar-refractivity contribution in [2.45, 2.75) is 25.9 Å². The standard InChI is InChI=1S/C14H16Br2FN3/c1-8(2)20-14(10(15)7-19-20)13(18-3)9-5-4-6-11(17)12(9)16/h4-8,13,18H,1-3H3. The van der Waals surface area contributed by atoms with E-state index in [2.05, 4.69) is 56.1 Å². The van der Waals surface area contributed by atoms with Gasteiger partial charge in [0.2, 0.25) is 0 Å². The molecule has 0 bridgehead atoms. The monoisotopic (exact) mass is 403 g/mol. The summed E-state index contributed by atoms with van der Waals surface area (Å²) in [5.74, 6) is -0.269. The molecule has 1 N–H and O–H groups in total. The molecule has 2 aromatic rings. The van der Waals surface area contributed by atoms with Crippen LogP contribution < -0.4 is 5.32 Å². The molecule has 1 atom stereocenters. The smallest absolute Gasteiger partial charge is 0.137 e. The van der Waals surface area contributed by atoms with Crippen molar-refractivity contribution >= 4 is 31.9 Å². The quantitative estimate of drug-likeness (QED) is 0.816. The summed E-state index contributed by atoms with van der Waals surface area (Å²) < 4.78 is 17.1. The fraction of sp³-hybridized carbons (Fsp3) is 0.357. The third-order valence-corrected chi connectivity index (χ3v) is 4.58. The van der Waals surface area contributed by atoms with Gasteiger partial charge in [0.25, 0.3) is 0 Å². The van der Waals surface area contributed by atoms with Crippen LogP contribution in [-0.2, 0) is 0 Å². The molecule has 0 aliphatic carbocycles. The first-order valence-corrected chi connectivity index (χ1v) is 7.90. The van der Waals surface area contributed by atoms with Crippen molar-refractivity contribution in [1.82, 2.24) is 15.1 Å². The normalized spacial score (nSPS) is 12.9. The highest BCUT2D eigenvalue weighted by atomic mass is 79.9. The van der Waals surface area contributed by atoms with Crippen molar-refractivity contribution in [3.05, 3.63) is 50.4 Å². The Morgan fingerprint density at radius 2 is 2.00 bits per heavy atom. The second-order valence-corrected chi connectivity index (χ2v) is 6.43. The lowest BCUT2D eigenvalue weighted by molar-refractivity contribution is 0.481. The van der Waals surface area contributed by atoms with E-state index in [1.165, 1.54) is 6.07 Å². The molecule has 0 spiro atoms. The van der Waals surface area contributed by atoms with E-state index in [0.29, 0.717) is 4.47 Å². The van der Waals surface area contributed by atoms with Gasteiger partial charge in [0.05, 0.1) is 26.9 Å². The van der Waals surface area contributed by atoms with Gasteiger partial charge in [0.15, 0.2) is 0 Å². The van der Waals surface area contributed by atoms with E-state index in [4.69, 9.17) is 0 Å². The molecule has 6 heteroatoms. The molecule has 0 saturated carbocycles. The number of nitrogens with zero attached hydrogens (tertiary/aromatic N) is 2. The minimum absolute atomic E-state index is 0.153. The molecule has 0 saturated heterocycles. The minimum Gasteiger partial charge on any atom is -0.308 e. The Morgan fingerprint density at radius 3 is 2.60 bits per heavy atom. The zero-order valence-corrected chi connectivity index (χ0v) is 14.7. The van der Waals surface area contributed by atoms with Gasteiger partial charge in [-0.15, -0.1) is 0 Å². The van der Waals surface area contributed by atoms with Crippen LogP contribution >= 0.6 is 31.9 Å². The molecule has 20 heavy (non-hydrogen) atoms.